The number of phenolic OH excluding ortho intramolecular Hbond substituents is 1. The van der Waals surface area contributed by atoms with Gasteiger partial charge in [-0.05, 0) is 51.0 Å². The fourth-order valence-corrected chi connectivity index (χ4v) is 1.98. The van der Waals surface area contributed by atoms with Crippen LogP contribution in [0, 0.1) is 0 Å². The van der Waals surface area contributed by atoms with Crippen LogP contribution in [0.25, 0.3) is 12.2 Å². The summed E-state index contributed by atoms with van der Waals surface area (Å²) in [5.74, 6) is -0.872. The number of carboxylic acids is 1. The Hall–Kier alpha value is -2.96. The van der Waals surface area contributed by atoms with E-state index in [0.717, 1.165) is 6.08 Å². The molecule has 0 spiro atoms. The Morgan fingerprint density at radius 1 is 1.23 bits per heavy atom. The lowest BCUT2D eigenvalue weighted by molar-refractivity contribution is -0.131. The van der Waals surface area contributed by atoms with Crippen molar-refractivity contribution in [2.24, 2.45) is 0 Å². The van der Waals surface area contributed by atoms with E-state index in [1.54, 1.807) is 39.0 Å². The predicted molar refractivity (Wildman–Crippen MR) is 99.2 cm³/mol. The fraction of sp³-hybridized carbons (Fsp3) is 0.368. The van der Waals surface area contributed by atoms with Gasteiger partial charge in [0.05, 0.1) is 7.11 Å². The first kappa shape index (κ1) is 21.1. The lowest BCUT2D eigenvalue weighted by atomic mass is 10.1. The van der Waals surface area contributed by atoms with Crippen LogP contribution >= 0.6 is 0 Å². The van der Waals surface area contributed by atoms with Crippen molar-refractivity contribution in [2.75, 3.05) is 13.7 Å². The van der Waals surface area contributed by atoms with Gasteiger partial charge in [-0.25, -0.2) is 9.59 Å². The van der Waals surface area contributed by atoms with Gasteiger partial charge in [-0.2, -0.15) is 0 Å². The van der Waals surface area contributed by atoms with Crippen molar-refractivity contribution in [1.82, 2.24) is 5.32 Å². The summed E-state index contributed by atoms with van der Waals surface area (Å²) in [6.07, 6.45) is 5.89. The molecule has 0 atom stereocenters. The number of aliphatic carboxylic acids is 1. The Morgan fingerprint density at radius 3 is 2.50 bits per heavy atom. The second-order valence-electron chi connectivity index (χ2n) is 6.45. The van der Waals surface area contributed by atoms with E-state index >= 15 is 0 Å². The molecule has 7 heteroatoms. The van der Waals surface area contributed by atoms with Gasteiger partial charge in [-0.1, -0.05) is 12.2 Å². The molecule has 0 fully saturated rings. The van der Waals surface area contributed by atoms with Crippen molar-refractivity contribution in [3.63, 3.8) is 0 Å². The van der Waals surface area contributed by atoms with Gasteiger partial charge in [0.1, 0.15) is 5.60 Å². The fourth-order valence-electron chi connectivity index (χ4n) is 1.98. The summed E-state index contributed by atoms with van der Waals surface area (Å²) in [7, 11) is 1.41. The first-order chi connectivity index (χ1) is 12.1. The zero-order valence-electron chi connectivity index (χ0n) is 15.4. The van der Waals surface area contributed by atoms with Gasteiger partial charge >= 0.3 is 12.1 Å². The summed E-state index contributed by atoms with van der Waals surface area (Å²) >= 11 is 0. The summed E-state index contributed by atoms with van der Waals surface area (Å²) in [4.78, 5) is 22.2. The Balaban J connectivity index is 2.73. The zero-order chi connectivity index (χ0) is 19.7. The highest BCUT2D eigenvalue weighted by molar-refractivity contribution is 5.85. The minimum absolute atomic E-state index is 0.0451. The van der Waals surface area contributed by atoms with Gasteiger partial charge in [-0.15, -0.1) is 0 Å². The van der Waals surface area contributed by atoms with Crippen LogP contribution in [0.15, 0.2) is 24.3 Å². The van der Waals surface area contributed by atoms with E-state index in [9.17, 15) is 14.7 Å². The second kappa shape index (κ2) is 9.50. The molecule has 0 aromatic heterocycles. The summed E-state index contributed by atoms with van der Waals surface area (Å²) in [6, 6.07) is 3.17. The molecule has 1 rings (SSSR count). The number of amides is 1. The van der Waals surface area contributed by atoms with Crippen LogP contribution in [0.1, 0.15) is 38.3 Å². The van der Waals surface area contributed by atoms with Gasteiger partial charge < -0.3 is 25.0 Å². The number of hydrogen-bond acceptors (Lipinski definition) is 5. The molecule has 0 aliphatic heterocycles. The molecule has 3 N–H and O–H groups in total. The van der Waals surface area contributed by atoms with E-state index in [1.165, 1.54) is 19.3 Å². The number of nitrogens with one attached hydrogen (secondary N) is 1. The maximum Gasteiger partial charge on any atom is 0.407 e. The van der Waals surface area contributed by atoms with Crippen molar-refractivity contribution in [3.05, 3.63) is 35.4 Å². The smallest absolute Gasteiger partial charge is 0.407 e. The normalized spacial score (nSPS) is 11.7. The molecule has 7 nitrogen and oxygen atoms in total. The number of carbonyl (C=O) groups is 2. The first-order valence-corrected chi connectivity index (χ1v) is 8.08. The van der Waals surface area contributed by atoms with Crippen LogP contribution in [0.5, 0.6) is 11.5 Å². The van der Waals surface area contributed by atoms with Crippen LogP contribution in [0.2, 0.25) is 0 Å². The Labute approximate surface area is 152 Å². The number of ether oxygens (including phenoxy) is 2. The van der Waals surface area contributed by atoms with Gasteiger partial charge in [0.2, 0.25) is 0 Å². The molecule has 0 aliphatic rings. The molecule has 142 valence electrons. The highest BCUT2D eigenvalue weighted by atomic mass is 16.6. The van der Waals surface area contributed by atoms with E-state index in [0.29, 0.717) is 24.1 Å². The molecule has 0 radical (unpaired) electrons. The topological polar surface area (TPSA) is 105 Å². The molecule has 0 bridgehead atoms. The maximum absolute atomic E-state index is 11.5. The van der Waals surface area contributed by atoms with E-state index < -0.39 is 17.7 Å². The van der Waals surface area contributed by atoms with Gasteiger partial charge in [0.15, 0.2) is 11.5 Å². The Morgan fingerprint density at radius 2 is 1.92 bits per heavy atom. The highest BCUT2D eigenvalue weighted by Crippen LogP contribution is 2.32. The minimum atomic E-state index is -1.07. The first-order valence-electron chi connectivity index (χ1n) is 8.08. The molecule has 0 heterocycles. The van der Waals surface area contributed by atoms with E-state index in [2.05, 4.69) is 5.32 Å². The summed E-state index contributed by atoms with van der Waals surface area (Å²) in [6.45, 7) is 5.74. The van der Waals surface area contributed by atoms with Crippen molar-refractivity contribution in [2.45, 2.75) is 32.8 Å². The van der Waals surface area contributed by atoms with Gasteiger partial charge in [0, 0.05) is 18.2 Å². The number of methoxy groups -OCH3 is 1. The van der Waals surface area contributed by atoms with Crippen molar-refractivity contribution in [3.8, 4) is 11.5 Å². The van der Waals surface area contributed by atoms with Crippen LogP contribution in [-0.2, 0) is 9.53 Å². The molecule has 1 amide bonds. The predicted octanol–water partition coefficient (Wildman–Crippen LogP) is 3.43. The number of aromatic hydroxyl groups is 1. The van der Waals surface area contributed by atoms with Crippen molar-refractivity contribution < 1.29 is 29.3 Å². The van der Waals surface area contributed by atoms with E-state index in [1.807, 2.05) is 0 Å². The number of rotatable bonds is 7. The third-order valence-electron chi connectivity index (χ3n) is 3.04. The monoisotopic (exact) mass is 363 g/mol. The quantitative estimate of drug-likeness (QED) is 0.506. The lowest BCUT2D eigenvalue weighted by Crippen LogP contribution is -2.32. The highest BCUT2D eigenvalue weighted by Gasteiger charge is 2.15. The minimum Gasteiger partial charge on any atom is -0.504 e. The largest absolute Gasteiger partial charge is 0.504 e. The van der Waals surface area contributed by atoms with E-state index in [4.69, 9.17) is 14.6 Å². The van der Waals surface area contributed by atoms with Gasteiger partial charge in [-0.3, -0.25) is 0 Å². The number of benzene rings is 1. The number of carbonyl (C=O) groups excluding carboxylic acids is 1. The molecular weight excluding hydrogens is 338 g/mol. The molecule has 0 aliphatic carbocycles. The summed E-state index contributed by atoms with van der Waals surface area (Å²) < 4.78 is 10.2. The Kier molecular flexibility index (Phi) is 7.71. The average molecular weight is 363 g/mol. The SMILES string of the molecule is COc1cc(C=CC(=O)O)cc(C=CCCNC(=O)OC(C)(C)C)c1O. The number of alkyl carbamates (subject to hydrolysis) is 1. The number of phenols is 1. The number of carboxylic acid groups (broad SMARTS) is 1. The summed E-state index contributed by atoms with van der Waals surface area (Å²) in [5.41, 5.74) is 0.506. The standard InChI is InChI=1S/C19H25NO6/c1-19(2,3)26-18(24)20-10-6-5-7-14-11-13(8-9-16(21)22)12-15(25-4)17(14)23/h5,7-9,11-12,23H,6,10H2,1-4H3,(H,20,24)(H,21,22). The molecule has 26 heavy (non-hydrogen) atoms. The van der Waals surface area contributed by atoms with Crippen LogP contribution in [0.4, 0.5) is 4.79 Å². The van der Waals surface area contributed by atoms with Crippen molar-refractivity contribution in [1.29, 1.82) is 0 Å². The summed E-state index contributed by atoms with van der Waals surface area (Å²) in [5, 5.41) is 21.5. The average Bonchev–Trinajstić information content (AvgIpc) is 2.52. The molecule has 0 unspecified atom stereocenters. The third-order valence-corrected chi connectivity index (χ3v) is 3.04. The number of hydrogen-bond donors (Lipinski definition) is 3. The maximum atomic E-state index is 11.5. The molecule has 0 saturated heterocycles. The van der Waals surface area contributed by atoms with E-state index in [-0.39, 0.29) is 11.5 Å². The molecule has 0 saturated carbocycles. The van der Waals surface area contributed by atoms with Crippen LogP contribution in [0.3, 0.4) is 0 Å². The molecule has 1 aromatic rings. The van der Waals surface area contributed by atoms with Crippen LogP contribution < -0.4 is 10.1 Å². The van der Waals surface area contributed by atoms with Crippen molar-refractivity contribution >= 4 is 24.2 Å². The van der Waals surface area contributed by atoms with Gasteiger partial charge in [0.25, 0.3) is 0 Å². The molecule has 1 aromatic carbocycles. The van der Waals surface area contributed by atoms with Crippen LogP contribution in [-0.4, -0.2) is 41.5 Å². The lowest BCUT2D eigenvalue weighted by Gasteiger charge is -2.19. The third kappa shape index (κ3) is 7.74. The second-order valence-corrected chi connectivity index (χ2v) is 6.45. The zero-order valence-corrected chi connectivity index (χ0v) is 15.4. The Bertz CT molecular complexity index is 701. The molecular formula is C19H25NO6.